The zero-order valence-electron chi connectivity index (χ0n) is 8.04. The van der Waals surface area contributed by atoms with Crippen LogP contribution in [0.25, 0.3) is 0 Å². The lowest BCUT2D eigenvalue weighted by Gasteiger charge is -2.21. The van der Waals surface area contributed by atoms with E-state index in [0.717, 1.165) is 6.07 Å². The maximum absolute atomic E-state index is 12.9. The van der Waals surface area contributed by atoms with Crippen LogP contribution in [0.4, 0.5) is 4.39 Å². The Hall–Kier alpha value is -1.42. The van der Waals surface area contributed by atoms with E-state index in [4.69, 9.17) is 10.8 Å². The fraction of sp³-hybridized carbons (Fsp3) is 0.300. The number of hydrogen-bond donors (Lipinski definition) is 2. The number of rotatable bonds is 2. The van der Waals surface area contributed by atoms with E-state index in [9.17, 15) is 9.18 Å². The van der Waals surface area contributed by atoms with Crippen LogP contribution in [0, 0.1) is 12.7 Å². The molecule has 0 fully saturated rings. The lowest BCUT2D eigenvalue weighted by Crippen LogP contribution is -2.42. The second-order valence-electron chi connectivity index (χ2n) is 3.47. The summed E-state index contributed by atoms with van der Waals surface area (Å²) in [7, 11) is 0. The molecule has 1 unspecified atom stereocenters. The van der Waals surface area contributed by atoms with Crippen molar-refractivity contribution in [3.63, 3.8) is 0 Å². The fourth-order valence-electron chi connectivity index (χ4n) is 1.27. The van der Waals surface area contributed by atoms with Gasteiger partial charge in [-0.2, -0.15) is 0 Å². The fourth-order valence-corrected chi connectivity index (χ4v) is 1.27. The molecule has 0 spiro atoms. The van der Waals surface area contributed by atoms with E-state index < -0.39 is 17.3 Å². The van der Waals surface area contributed by atoms with E-state index in [-0.39, 0.29) is 0 Å². The Morgan fingerprint density at radius 2 is 2.14 bits per heavy atom. The highest BCUT2D eigenvalue weighted by molar-refractivity contribution is 5.80. The zero-order chi connectivity index (χ0) is 10.9. The predicted molar refractivity (Wildman–Crippen MR) is 50.3 cm³/mol. The summed E-state index contributed by atoms with van der Waals surface area (Å²) in [5.74, 6) is -1.66. The first-order valence-electron chi connectivity index (χ1n) is 4.14. The van der Waals surface area contributed by atoms with Gasteiger partial charge >= 0.3 is 5.97 Å². The lowest BCUT2D eigenvalue weighted by molar-refractivity contribution is -0.143. The predicted octanol–water partition coefficient (Wildman–Crippen LogP) is 1.39. The number of halogens is 1. The summed E-state index contributed by atoms with van der Waals surface area (Å²) in [6.45, 7) is 3.04. The summed E-state index contributed by atoms with van der Waals surface area (Å²) in [5, 5.41) is 8.86. The Morgan fingerprint density at radius 1 is 1.57 bits per heavy atom. The maximum Gasteiger partial charge on any atom is 0.328 e. The second kappa shape index (κ2) is 3.38. The SMILES string of the molecule is Cc1ccc(F)cc1C(C)(N)C(=O)O. The standard InChI is InChI=1S/C10H12FNO2/c1-6-3-4-7(11)5-8(6)10(2,12)9(13)14/h3-5H,12H2,1-2H3,(H,13,14). The smallest absolute Gasteiger partial charge is 0.328 e. The molecule has 1 aromatic rings. The molecule has 0 aliphatic heterocycles. The van der Waals surface area contributed by atoms with Crippen LogP contribution in [0.3, 0.4) is 0 Å². The Morgan fingerprint density at radius 3 is 2.64 bits per heavy atom. The molecule has 0 amide bonds. The normalized spacial score (nSPS) is 14.9. The van der Waals surface area contributed by atoms with Crippen molar-refractivity contribution in [2.75, 3.05) is 0 Å². The number of aryl methyl sites for hydroxylation is 1. The molecule has 0 heterocycles. The van der Waals surface area contributed by atoms with Crippen molar-refractivity contribution < 1.29 is 14.3 Å². The highest BCUT2D eigenvalue weighted by Crippen LogP contribution is 2.22. The summed E-state index contributed by atoms with van der Waals surface area (Å²) in [6.07, 6.45) is 0. The third-order valence-electron chi connectivity index (χ3n) is 2.20. The van der Waals surface area contributed by atoms with Crippen molar-refractivity contribution in [1.29, 1.82) is 0 Å². The van der Waals surface area contributed by atoms with Crippen LogP contribution in [0.1, 0.15) is 18.1 Å². The average molecular weight is 197 g/mol. The van der Waals surface area contributed by atoms with Crippen LogP contribution in [-0.4, -0.2) is 11.1 Å². The molecule has 0 bridgehead atoms. The molecule has 0 saturated carbocycles. The van der Waals surface area contributed by atoms with Gasteiger partial charge in [-0.3, -0.25) is 0 Å². The van der Waals surface area contributed by atoms with Gasteiger partial charge < -0.3 is 10.8 Å². The van der Waals surface area contributed by atoms with Crippen molar-refractivity contribution in [1.82, 2.24) is 0 Å². The number of hydrogen-bond acceptors (Lipinski definition) is 2. The van der Waals surface area contributed by atoms with Crippen molar-refractivity contribution in [2.45, 2.75) is 19.4 Å². The first-order valence-corrected chi connectivity index (χ1v) is 4.14. The van der Waals surface area contributed by atoms with Gasteiger partial charge in [-0.25, -0.2) is 9.18 Å². The number of carboxylic acids is 1. The summed E-state index contributed by atoms with van der Waals surface area (Å²) in [4.78, 5) is 10.8. The molecule has 3 nitrogen and oxygen atoms in total. The van der Waals surface area contributed by atoms with E-state index in [0.29, 0.717) is 11.1 Å². The van der Waals surface area contributed by atoms with Gasteiger partial charge in [-0.15, -0.1) is 0 Å². The van der Waals surface area contributed by atoms with E-state index in [1.165, 1.54) is 19.1 Å². The van der Waals surface area contributed by atoms with Crippen LogP contribution in [0.15, 0.2) is 18.2 Å². The minimum atomic E-state index is -1.55. The third kappa shape index (κ3) is 1.75. The second-order valence-corrected chi connectivity index (χ2v) is 3.47. The first kappa shape index (κ1) is 10.7. The quantitative estimate of drug-likeness (QED) is 0.753. The number of benzene rings is 1. The van der Waals surface area contributed by atoms with Gasteiger partial charge in [0.25, 0.3) is 0 Å². The van der Waals surface area contributed by atoms with Crippen LogP contribution in [-0.2, 0) is 10.3 Å². The monoisotopic (exact) mass is 197 g/mol. The van der Waals surface area contributed by atoms with E-state index in [1.54, 1.807) is 6.92 Å². The van der Waals surface area contributed by atoms with Gasteiger partial charge in [0.15, 0.2) is 0 Å². The van der Waals surface area contributed by atoms with Crippen LogP contribution >= 0.6 is 0 Å². The van der Waals surface area contributed by atoms with Gasteiger partial charge in [0.2, 0.25) is 0 Å². The molecule has 0 saturated heterocycles. The molecule has 0 aliphatic carbocycles. The van der Waals surface area contributed by atoms with Gasteiger partial charge in [-0.1, -0.05) is 6.07 Å². The van der Waals surface area contributed by atoms with Crippen molar-refractivity contribution in [3.05, 3.63) is 35.1 Å². The van der Waals surface area contributed by atoms with Crippen molar-refractivity contribution >= 4 is 5.97 Å². The molecule has 76 valence electrons. The number of aliphatic carboxylic acids is 1. The van der Waals surface area contributed by atoms with Gasteiger partial charge in [0, 0.05) is 0 Å². The molecular weight excluding hydrogens is 185 g/mol. The minimum absolute atomic E-state index is 0.296. The zero-order valence-corrected chi connectivity index (χ0v) is 8.04. The van der Waals surface area contributed by atoms with Gasteiger partial charge in [-0.05, 0) is 37.1 Å². The molecule has 14 heavy (non-hydrogen) atoms. The van der Waals surface area contributed by atoms with Gasteiger partial charge in [0.05, 0.1) is 0 Å². The van der Waals surface area contributed by atoms with E-state index in [1.807, 2.05) is 0 Å². The molecule has 0 aromatic heterocycles. The summed E-state index contributed by atoms with van der Waals surface area (Å²) in [5.41, 5.74) is 5.00. The molecule has 0 aliphatic rings. The van der Waals surface area contributed by atoms with Crippen LogP contribution in [0.2, 0.25) is 0 Å². The highest BCUT2D eigenvalue weighted by atomic mass is 19.1. The number of carbonyl (C=O) groups is 1. The minimum Gasteiger partial charge on any atom is -0.480 e. The van der Waals surface area contributed by atoms with Crippen LogP contribution < -0.4 is 5.73 Å². The molecule has 1 rings (SSSR count). The highest BCUT2D eigenvalue weighted by Gasteiger charge is 2.31. The van der Waals surface area contributed by atoms with E-state index >= 15 is 0 Å². The molecule has 1 atom stereocenters. The molecular formula is C10H12FNO2. The molecule has 4 heteroatoms. The number of nitrogens with two attached hydrogens (primary N) is 1. The van der Waals surface area contributed by atoms with E-state index in [2.05, 4.69) is 0 Å². The Labute approximate surface area is 81.4 Å². The topological polar surface area (TPSA) is 63.3 Å². The number of carboxylic acid groups (broad SMARTS) is 1. The Kier molecular flexibility index (Phi) is 2.57. The Bertz CT molecular complexity index is 374. The van der Waals surface area contributed by atoms with Gasteiger partial charge in [0.1, 0.15) is 11.4 Å². The molecule has 0 radical (unpaired) electrons. The molecule has 3 N–H and O–H groups in total. The summed E-state index contributed by atoms with van der Waals surface area (Å²) < 4.78 is 12.9. The summed E-state index contributed by atoms with van der Waals surface area (Å²) >= 11 is 0. The maximum atomic E-state index is 12.9. The Balaban J connectivity index is 3.31. The summed E-state index contributed by atoms with van der Waals surface area (Å²) in [6, 6.07) is 3.94. The van der Waals surface area contributed by atoms with Crippen molar-refractivity contribution in [3.8, 4) is 0 Å². The lowest BCUT2D eigenvalue weighted by atomic mass is 9.90. The first-order chi connectivity index (χ1) is 6.35. The third-order valence-corrected chi connectivity index (χ3v) is 2.20. The largest absolute Gasteiger partial charge is 0.480 e. The molecule has 1 aromatic carbocycles. The van der Waals surface area contributed by atoms with Crippen molar-refractivity contribution in [2.24, 2.45) is 5.73 Å². The van der Waals surface area contributed by atoms with Crippen LogP contribution in [0.5, 0.6) is 0 Å². The average Bonchev–Trinajstić information content (AvgIpc) is 2.08.